The van der Waals surface area contributed by atoms with Crippen molar-refractivity contribution in [1.82, 2.24) is 0 Å². The number of rotatable bonds is 9. The van der Waals surface area contributed by atoms with E-state index in [1.165, 1.54) is 4.90 Å². The van der Waals surface area contributed by atoms with Gasteiger partial charge in [-0.3, -0.25) is 4.90 Å². The number of carbonyl (C=O) groups excluding carboxylic acids is 1. The fourth-order valence-corrected chi connectivity index (χ4v) is 3.65. The number of carboxylic acid groups (broad SMARTS) is 1. The number of anilines is 1. The molecule has 170 valence electrons. The van der Waals surface area contributed by atoms with Crippen LogP contribution in [0.15, 0.2) is 78.9 Å². The first-order valence-electron chi connectivity index (χ1n) is 10.4. The quantitative estimate of drug-likeness (QED) is 0.512. The van der Waals surface area contributed by atoms with E-state index in [0.717, 1.165) is 11.1 Å². The number of carboxylic acids is 1. The largest absolute Gasteiger partial charge is 0.489 e. The molecule has 0 saturated carbocycles. The molecule has 33 heavy (non-hydrogen) atoms. The van der Waals surface area contributed by atoms with Crippen LogP contribution in [0.25, 0.3) is 0 Å². The van der Waals surface area contributed by atoms with Gasteiger partial charge in [-0.05, 0) is 47.5 Å². The van der Waals surface area contributed by atoms with Crippen LogP contribution in [-0.4, -0.2) is 41.6 Å². The molecule has 1 aliphatic rings. The summed E-state index contributed by atoms with van der Waals surface area (Å²) in [5.74, 6) is -0.0343. The van der Waals surface area contributed by atoms with Gasteiger partial charge in [-0.2, -0.15) is 0 Å². The highest BCUT2D eigenvalue weighted by Crippen LogP contribution is 2.38. The second-order valence-corrected chi connectivity index (χ2v) is 7.44. The van der Waals surface area contributed by atoms with Gasteiger partial charge in [-0.25, -0.2) is 9.59 Å². The molecule has 1 fully saturated rings. The predicted molar refractivity (Wildman–Crippen MR) is 119 cm³/mol. The van der Waals surface area contributed by atoms with E-state index < -0.39 is 30.8 Å². The third-order valence-corrected chi connectivity index (χ3v) is 5.21. The first-order chi connectivity index (χ1) is 16.0. The maximum Gasteiger partial charge on any atom is 0.415 e. The van der Waals surface area contributed by atoms with E-state index in [4.69, 9.17) is 19.3 Å². The van der Waals surface area contributed by atoms with E-state index >= 15 is 0 Å². The normalized spacial score (nSPS) is 17.5. The number of benzene rings is 3. The molecule has 0 aromatic heterocycles. The molecular formula is C25H23NO7. The van der Waals surface area contributed by atoms with Gasteiger partial charge in [0.2, 0.25) is 0 Å². The van der Waals surface area contributed by atoms with Crippen LogP contribution in [0.3, 0.4) is 0 Å². The van der Waals surface area contributed by atoms with Gasteiger partial charge in [0.05, 0.1) is 6.61 Å². The molecular weight excluding hydrogens is 426 g/mol. The van der Waals surface area contributed by atoms with Gasteiger partial charge in [0.25, 0.3) is 0 Å². The molecule has 0 aliphatic carbocycles. The van der Waals surface area contributed by atoms with Crippen molar-refractivity contribution in [3.8, 4) is 11.5 Å². The first-order valence-corrected chi connectivity index (χ1v) is 10.4. The summed E-state index contributed by atoms with van der Waals surface area (Å²) in [6.45, 7) is -0.356. The summed E-state index contributed by atoms with van der Waals surface area (Å²) in [6, 6.07) is 23.0. The number of cyclic esters (lactones) is 1. The van der Waals surface area contributed by atoms with Crippen molar-refractivity contribution in [2.45, 2.75) is 18.8 Å². The molecule has 0 spiro atoms. The van der Waals surface area contributed by atoms with Crippen LogP contribution in [0.5, 0.6) is 11.5 Å². The molecule has 2 atom stereocenters. The standard InChI is InChI=1S/C25H23NO7/c27-14-22-24(18-6-10-20(11-7-18)31-15-17-4-2-1-3-5-17)26(25(30)33-22)19-8-12-21(13-9-19)32-16-23(28)29/h1-13,22,24,27H,14-16H2,(H,28,29). The van der Waals surface area contributed by atoms with Crippen LogP contribution in [-0.2, 0) is 16.1 Å². The van der Waals surface area contributed by atoms with Crippen molar-refractivity contribution in [2.75, 3.05) is 18.1 Å². The monoisotopic (exact) mass is 449 g/mol. The van der Waals surface area contributed by atoms with Crippen LogP contribution in [0.2, 0.25) is 0 Å². The van der Waals surface area contributed by atoms with Crippen molar-refractivity contribution in [1.29, 1.82) is 0 Å². The van der Waals surface area contributed by atoms with Gasteiger partial charge in [-0.1, -0.05) is 42.5 Å². The van der Waals surface area contributed by atoms with Crippen molar-refractivity contribution < 1.29 is 34.0 Å². The molecule has 8 nitrogen and oxygen atoms in total. The zero-order chi connectivity index (χ0) is 23.2. The van der Waals surface area contributed by atoms with Crippen LogP contribution in [0, 0.1) is 0 Å². The Morgan fingerprint density at radius 3 is 2.18 bits per heavy atom. The molecule has 8 heteroatoms. The number of hydrogen-bond acceptors (Lipinski definition) is 6. The third kappa shape index (κ3) is 5.24. The Hall–Kier alpha value is -4.04. The molecule has 3 aromatic rings. The molecule has 3 aromatic carbocycles. The molecule has 2 N–H and O–H groups in total. The minimum absolute atomic E-state index is 0.334. The fraction of sp³-hybridized carbons (Fsp3) is 0.200. The van der Waals surface area contributed by atoms with E-state index in [9.17, 15) is 14.7 Å². The molecule has 2 unspecified atom stereocenters. The lowest BCUT2D eigenvalue weighted by molar-refractivity contribution is -0.139. The topological polar surface area (TPSA) is 106 Å². The average molecular weight is 449 g/mol. The smallest absolute Gasteiger partial charge is 0.415 e. The summed E-state index contributed by atoms with van der Waals surface area (Å²) in [6.07, 6.45) is -1.32. The Kier molecular flexibility index (Phi) is 6.75. The van der Waals surface area contributed by atoms with E-state index in [2.05, 4.69) is 0 Å². The average Bonchev–Trinajstić information content (AvgIpc) is 3.19. The SMILES string of the molecule is O=C(O)COc1ccc(N2C(=O)OC(CO)C2c2ccc(OCc3ccccc3)cc2)cc1. The number of nitrogens with zero attached hydrogens (tertiary/aromatic N) is 1. The maximum atomic E-state index is 12.6. The predicted octanol–water partition coefficient (Wildman–Crippen LogP) is 3.79. The zero-order valence-corrected chi connectivity index (χ0v) is 17.7. The summed E-state index contributed by atoms with van der Waals surface area (Å²) >= 11 is 0. The maximum absolute atomic E-state index is 12.6. The van der Waals surface area contributed by atoms with Gasteiger partial charge in [0.1, 0.15) is 24.1 Å². The summed E-state index contributed by atoms with van der Waals surface area (Å²) < 4.78 is 16.4. The summed E-state index contributed by atoms with van der Waals surface area (Å²) in [4.78, 5) is 24.7. The lowest BCUT2D eigenvalue weighted by Crippen LogP contribution is -2.30. The minimum Gasteiger partial charge on any atom is -0.489 e. The van der Waals surface area contributed by atoms with Crippen molar-refractivity contribution in [2.24, 2.45) is 0 Å². The fourth-order valence-electron chi connectivity index (χ4n) is 3.65. The number of aliphatic hydroxyl groups excluding tert-OH is 1. The summed E-state index contributed by atoms with van der Waals surface area (Å²) in [7, 11) is 0. The van der Waals surface area contributed by atoms with Gasteiger partial charge < -0.3 is 24.4 Å². The summed E-state index contributed by atoms with van der Waals surface area (Å²) in [5.41, 5.74) is 2.37. The Bertz CT molecular complexity index is 1080. The van der Waals surface area contributed by atoms with Gasteiger partial charge in [0.15, 0.2) is 12.7 Å². The minimum atomic E-state index is -1.08. The number of aliphatic hydroxyl groups is 1. The van der Waals surface area contributed by atoms with Crippen LogP contribution in [0.1, 0.15) is 17.2 Å². The van der Waals surface area contributed by atoms with Crippen LogP contribution in [0.4, 0.5) is 10.5 Å². The second-order valence-electron chi connectivity index (χ2n) is 7.44. The molecule has 0 bridgehead atoms. The highest BCUT2D eigenvalue weighted by molar-refractivity contribution is 5.91. The van der Waals surface area contributed by atoms with E-state index in [1.807, 2.05) is 54.6 Å². The van der Waals surface area contributed by atoms with Crippen molar-refractivity contribution >= 4 is 17.7 Å². The van der Waals surface area contributed by atoms with Crippen molar-refractivity contribution in [3.05, 3.63) is 90.0 Å². The number of hydrogen-bond donors (Lipinski definition) is 2. The lowest BCUT2D eigenvalue weighted by Gasteiger charge is -2.24. The molecule has 1 aliphatic heterocycles. The van der Waals surface area contributed by atoms with Gasteiger partial charge in [-0.15, -0.1) is 0 Å². The highest BCUT2D eigenvalue weighted by atomic mass is 16.6. The number of amides is 1. The Balaban J connectivity index is 1.51. The number of ether oxygens (including phenoxy) is 3. The Labute approximate surface area is 190 Å². The summed E-state index contributed by atoms with van der Waals surface area (Å²) in [5, 5.41) is 18.5. The van der Waals surface area contributed by atoms with E-state index in [0.29, 0.717) is 23.8 Å². The first kappa shape index (κ1) is 22.2. The second kappa shape index (κ2) is 10.1. The molecule has 1 amide bonds. The number of carbonyl (C=O) groups is 2. The molecule has 1 saturated heterocycles. The third-order valence-electron chi connectivity index (χ3n) is 5.21. The van der Waals surface area contributed by atoms with Gasteiger partial charge >= 0.3 is 12.1 Å². The van der Waals surface area contributed by atoms with E-state index in [-0.39, 0.29) is 6.61 Å². The van der Waals surface area contributed by atoms with Gasteiger partial charge in [0, 0.05) is 5.69 Å². The Morgan fingerprint density at radius 1 is 0.909 bits per heavy atom. The van der Waals surface area contributed by atoms with Crippen LogP contribution >= 0.6 is 0 Å². The van der Waals surface area contributed by atoms with Crippen molar-refractivity contribution in [3.63, 3.8) is 0 Å². The zero-order valence-electron chi connectivity index (χ0n) is 17.7. The number of aliphatic carboxylic acids is 1. The lowest BCUT2D eigenvalue weighted by atomic mass is 10.0. The van der Waals surface area contributed by atoms with E-state index in [1.54, 1.807) is 24.3 Å². The molecule has 4 rings (SSSR count). The molecule has 1 heterocycles. The van der Waals surface area contributed by atoms with Crippen LogP contribution < -0.4 is 14.4 Å². The molecule has 0 radical (unpaired) electrons. The highest BCUT2D eigenvalue weighted by Gasteiger charge is 2.43. The Morgan fingerprint density at radius 2 is 1.55 bits per heavy atom.